The quantitative estimate of drug-likeness (QED) is 0.307. The number of hydrogen-bond acceptors (Lipinski definition) is 6. The smallest absolute Gasteiger partial charge is 0.336 e. The molecule has 9 nitrogen and oxygen atoms in total. The maximum absolute atomic E-state index is 12.1. The Labute approximate surface area is 176 Å². The molecule has 0 aliphatic carbocycles. The fraction of sp³-hybridized carbons (Fsp3) is 0. The van der Waals surface area contributed by atoms with Gasteiger partial charge in [-0.25, -0.2) is 9.78 Å². The van der Waals surface area contributed by atoms with Crippen molar-refractivity contribution in [3.63, 3.8) is 0 Å². The summed E-state index contributed by atoms with van der Waals surface area (Å²) in [6, 6.07) is 14.2. The van der Waals surface area contributed by atoms with Crippen LogP contribution in [0.5, 0.6) is 0 Å². The van der Waals surface area contributed by atoms with Gasteiger partial charge >= 0.3 is 5.97 Å². The van der Waals surface area contributed by atoms with Gasteiger partial charge in [-0.05, 0) is 18.2 Å². The molecule has 158 valence electrons. The first-order chi connectivity index (χ1) is 14.5. The van der Waals surface area contributed by atoms with Gasteiger partial charge in [-0.1, -0.05) is 42.5 Å². The number of benzene rings is 3. The van der Waals surface area contributed by atoms with Crippen molar-refractivity contribution in [1.82, 2.24) is 4.98 Å². The van der Waals surface area contributed by atoms with E-state index < -0.39 is 41.6 Å². The van der Waals surface area contributed by atoms with Gasteiger partial charge in [0.2, 0.25) is 0 Å². The third kappa shape index (κ3) is 3.64. The summed E-state index contributed by atoms with van der Waals surface area (Å²) in [5.74, 6) is -1.47. The maximum atomic E-state index is 12.1. The predicted octanol–water partition coefficient (Wildman–Crippen LogP) is 3.25. The number of hydrogen-bond donors (Lipinski definition) is 3. The zero-order valence-corrected chi connectivity index (χ0v) is 17.1. The van der Waals surface area contributed by atoms with Gasteiger partial charge in [0.15, 0.2) is 0 Å². The minimum absolute atomic E-state index is 0.0813. The van der Waals surface area contributed by atoms with Gasteiger partial charge in [-0.2, -0.15) is 16.8 Å². The summed E-state index contributed by atoms with van der Waals surface area (Å²) >= 11 is 0. The normalized spacial score (nSPS) is 12.3. The Bertz CT molecular complexity index is 1600. The van der Waals surface area contributed by atoms with Gasteiger partial charge in [0.25, 0.3) is 20.2 Å². The molecule has 1 heterocycles. The second-order valence-electron chi connectivity index (χ2n) is 6.63. The maximum Gasteiger partial charge on any atom is 0.336 e. The first kappa shape index (κ1) is 20.9. The van der Waals surface area contributed by atoms with E-state index in [-0.39, 0.29) is 27.4 Å². The molecule has 1 aromatic heterocycles. The number of fused-ring (bicyclic) bond motifs is 3. The third-order valence-corrected chi connectivity index (χ3v) is 6.51. The van der Waals surface area contributed by atoms with Crippen molar-refractivity contribution in [3.05, 3.63) is 66.2 Å². The Morgan fingerprint density at radius 1 is 0.774 bits per heavy atom. The molecule has 31 heavy (non-hydrogen) atoms. The molecule has 0 atom stereocenters. The van der Waals surface area contributed by atoms with E-state index in [1.165, 1.54) is 18.2 Å². The minimum atomic E-state index is -5.00. The number of carbonyl (C=O) groups is 1. The summed E-state index contributed by atoms with van der Waals surface area (Å²) in [7, 11) is -9.77. The number of aromatic nitrogens is 1. The SMILES string of the molecule is O=C(O)c1cc(-c2ccccc2)nc2c1c(S(=O)(=O)O)cc1c(S(=O)(=O)O)cccc12. The van der Waals surface area contributed by atoms with Gasteiger partial charge in [-0.15, -0.1) is 0 Å². The number of carboxylic acid groups (broad SMARTS) is 1. The molecular formula is C20H13NO8S2. The topological polar surface area (TPSA) is 159 Å². The van der Waals surface area contributed by atoms with Crippen LogP contribution >= 0.6 is 0 Å². The Balaban J connectivity index is 2.33. The number of pyridine rings is 1. The van der Waals surface area contributed by atoms with E-state index in [0.29, 0.717) is 5.56 Å². The molecule has 4 rings (SSSR count). The van der Waals surface area contributed by atoms with Crippen LogP contribution in [0.4, 0.5) is 0 Å². The Hall–Kier alpha value is -3.38. The first-order valence-electron chi connectivity index (χ1n) is 8.62. The second-order valence-corrected chi connectivity index (χ2v) is 9.41. The zero-order valence-electron chi connectivity index (χ0n) is 15.4. The lowest BCUT2D eigenvalue weighted by Crippen LogP contribution is -2.08. The van der Waals surface area contributed by atoms with Crippen molar-refractivity contribution in [1.29, 1.82) is 0 Å². The minimum Gasteiger partial charge on any atom is -0.478 e. The lowest BCUT2D eigenvalue weighted by molar-refractivity contribution is 0.0699. The van der Waals surface area contributed by atoms with Crippen LogP contribution in [0.2, 0.25) is 0 Å². The average molecular weight is 459 g/mol. The number of rotatable bonds is 4. The van der Waals surface area contributed by atoms with E-state index in [1.54, 1.807) is 30.3 Å². The van der Waals surface area contributed by atoms with Crippen LogP contribution in [0, 0.1) is 0 Å². The summed E-state index contributed by atoms with van der Waals surface area (Å²) in [6.07, 6.45) is 0. The Morgan fingerprint density at radius 2 is 1.42 bits per heavy atom. The zero-order chi connectivity index (χ0) is 22.6. The summed E-state index contributed by atoms with van der Waals surface area (Å²) in [4.78, 5) is 15.0. The van der Waals surface area contributed by atoms with Gasteiger partial charge in [0, 0.05) is 21.7 Å². The van der Waals surface area contributed by atoms with Gasteiger partial charge in [0.1, 0.15) is 9.79 Å². The van der Waals surface area contributed by atoms with Gasteiger partial charge in [-0.3, -0.25) is 9.11 Å². The lowest BCUT2D eigenvalue weighted by atomic mass is 10.00. The summed E-state index contributed by atoms with van der Waals surface area (Å²) in [5.41, 5.74) is 0.116. The Morgan fingerprint density at radius 3 is 2.00 bits per heavy atom. The summed E-state index contributed by atoms with van der Waals surface area (Å²) in [6.45, 7) is 0. The molecule has 11 heteroatoms. The van der Waals surface area contributed by atoms with Crippen LogP contribution in [0.3, 0.4) is 0 Å². The molecule has 0 fully saturated rings. The second kappa shape index (κ2) is 7.10. The van der Waals surface area contributed by atoms with E-state index in [4.69, 9.17) is 0 Å². The molecule has 3 N–H and O–H groups in total. The fourth-order valence-corrected chi connectivity index (χ4v) is 4.87. The van der Waals surface area contributed by atoms with Crippen molar-refractivity contribution in [2.45, 2.75) is 9.79 Å². The molecule has 0 radical (unpaired) electrons. The van der Waals surface area contributed by atoms with E-state index in [0.717, 1.165) is 12.1 Å². The number of nitrogens with zero attached hydrogens (tertiary/aromatic N) is 1. The van der Waals surface area contributed by atoms with Crippen molar-refractivity contribution in [2.75, 3.05) is 0 Å². The van der Waals surface area contributed by atoms with Crippen molar-refractivity contribution < 1.29 is 35.8 Å². The van der Waals surface area contributed by atoms with Crippen molar-refractivity contribution >= 4 is 47.9 Å². The largest absolute Gasteiger partial charge is 0.478 e. The standard InChI is InChI=1S/C20H13NO8S2/c22-20(23)14-9-15(11-5-2-1-3-6-11)21-19-12-7-4-8-16(30(24,25)26)13(12)10-17(18(14)19)31(27,28)29/h1-10H,(H,22,23)(H,24,25,26)(H,27,28,29). The van der Waals surface area contributed by atoms with Crippen molar-refractivity contribution in [2.24, 2.45) is 0 Å². The summed E-state index contributed by atoms with van der Waals surface area (Å²) < 4.78 is 67.2. The molecule has 0 unspecified atom stereocenters. The molecule has 0 aliphatic heterocycles. The van der Waals surface area contributed by atoms with Gasteiger partial charge < -0.3 is 5.11 Å². The highest BCUT2D eigenvalue weighted by Crippen LogP contribution is 2.37. The molecule has 0 spiro atoms. The van der Waals surface area contributed by atoms with E-state index in [2.05, 4.69) is 4.98 Å². The van der Waals surface area contributed by atoms with Crippen LogP contribution < -0.4 is 0 Å². The molecule has 3 aromatic carbocycles. The first-order valence-corrected chi connectivity index (χ1v) is 11.5. The van der Waals surface area contributed by atoms with Gasteiger partial charge in [0.05, 0.1) is 16.8 Å². The number of carboxylic acids is 1. The molecule has 4 aromatic rings. The highest BCUT2D eigenvalue weighted by atomic mass is 32.2. The number of aromatic carboxylic acids is 1. The molecule has 0 amide bonds. The highest BCUT2D eigenvalue weighted by molar-refractivity contribution is 7.86. The monoisotopic (exact) mass is 459 g/mol. The summed E-state index contributed by atoms with van der Waals surface area (Å²) in [5, 5.41) is 9.22. The van der Waals surface area contributed by atoms with E-state index in [1.807, 2.05) is 0 Å². The highest BCUT2D eigenvalue weighted by Gasteiger charge is 2.26. The molecule has 0 bridgehead atoms. The van der Waals surface area contributed by atoms with E-state index in [9.17, 15) is 35.8 Å². The predicted molar refractivity (Wildman–Crippen MR) is 111 cm³/mol. The van der Waals surface area contributed by atoms with Crippen molar-refractivity contribution in [3.8, 4) is 11.3 Å². The average Bonchev–Trinajstić information content (AvgIpc) is 2.71. The lowest BCUT2D eigenvalue weighted by Gasteiger charge is -2.14. The molecule has 0 saturated heterocycles. The van der Waals surface area contributed by atoms with Crippen LogP contribution in [0.15, 0.2) is 70.5 Å². The third-order valence-electron chi connectivity index (χ3n) is 4.72. The van der Waals surface area contributed by atoms with E-state index >= 15 is 0 Å². The van der Waals surface area contributed by atoms with Crippen LogP contribution in [0.25, 0.3) is 32.9 Å². The Kier molecular flexibility index (Phi) is 4.78. The van der Waals surface area contributed by atoms with Crippen LogP contribution in [-0.4, -0.2) is 42.0 Å². The molecule has 0 aliphatic rings. The van der Waals surface area contributed by atoms with Crippen LogP contribution in [-0.2, 0) is 20.2 Å². The van der Waals surface area contributed by atoms with Crippen LogP contribution in [0.1, 0.15) is 10.4 Å². The molecular weight excluding hydrogens is 446 g/mol. The molecule has 0 saturated carbocycles. The fourth-order valence-electron chi connectivity index (χ4n) is 3.45.